The molecular formula is C19H21N3O7S2. The van der Waals surface area contributed by atoms with Crippen LogP contribution in [0.5, 0.6) is 0 Å². The van der Waals surface area contributed by atoms with E-state index in [-0.39, 0.29) is 47.4 Å². The van der Waals surface area contributed by atoms with Crippen molar-refractivity contribution in [3.8, 4) is 0 Å². The van der Waals surface area contributed by atoms with Crippen molar-refractivity contribution in [1.82, 2.24) is 14.6 Å². The van der Waals surface area contributed by atoms with E-state index in [0.29, 0.717) is 5.56 Å². The van der Waals surface area contributed by atoms with Crippen LogP contribution in [0.4, 0.5) is 0 Å². The number of ketones is 1. The monoisotopic (exact) mass is 467 g/mol. The van der Waals surface area contributed by atoms with Crippen LogP contribution in [0.3, 0.4) is 0 Å². The smallest absolute Gasteiger partial charge is 0.266 e. The SMILES string of the molecule is CC(=O)c1ccc(S(=O)(=O)NNC(=O)c2cccc(S(=O)(=O)N3CCOCC3)c2)cc1. The number of hydrogen-bond donors (Lipinski definition) is 2. The van der Waals surface area contributed by atoms with Gasteiger partial charge in [-0.25, -0.2) is 16.8 Å². The van der Waals surface area contributed by atoms with Crippen molar-refractivity contribution in [2.75, 3.05) is 26.3 Å². The van der Waals surface area contributed by atoms with Crippen LogP contribution >= 0.6 is 0 Å². The standard InChI is InChI=1S/C19H21N3O7S2/c1-14(23)15-5-7-17(8-6-15)30(25,26)21-20-19(24)16-3-2-4-18(13-16)31(27,28)22-9-11-29-12-10-22/h2-8,13,21H,9-12H2,1H3,(H,20,24). The van der Waals surface area contributed by atoms with Crippen LogP contribution in [-0.2, 0) is 24.8 Å². The van der Waals surface area contributed by atoms with E-state index >= 15 is 0 Å². The molecule has 2 N–H and O–H groups in total. The van der Waals surface area contributed by atoms with Gasteiger partial charge in [-0.2, -0.15) is 4.31 Å². The summed E-state index contributed by atoms with van der Waals surface area (Å²) in [5, 5.41) is 0. The lowest BCUT2D eigenvalue weighted by Gasteiger charge is -2.26. The lowest BCUT2D eigenvalue weighted by atomic mass is 10.2. The minimum Gasteiger partial charge on any atom is -0.379 e. The minimum atomic E-state index is -4.10. The lowest BCUT2D eigenvalue weighted by Crippen LogP contribution is -2.42. The maximum Gasteiger partial charge on any atom is 0.266 e. The van der Waals surface area contributed by atoms with Crippen molar-refractivity contribution in [3.05, 3.63) is 59.7 Å². The Balaban J connectivity index is 1.72. The highest BCUT2D eigenvalue weighted by atomic mass is 32.2. The number of Topliss-reactive ketones (excluding diaryl/α,β-unsaturated/α-hetero) is 1. The Morgan fingerprint density at radius 2 is 1.55 bits per heavy atom. The fraction of sp³-hybridized carbons (Fsp3) is 0.263. The molecule has 3 rings (SSSR count). The Bertz CT molecular complexity index is 1190. The maximum atomic E-state index is 12.7. The summed E-state index contributed by atoms with van der Waals surface area (Å²) in [6.07, 6.45) is 0. The molecule has 1 heterocycles. The first-order chi connectivity index (χ1) is 14.6. The van der Waals surface area contributed by atoms with E-state index in [1.54, 1.807) is 0 Å². The molecule has 1 saturated heterocycles. The summed E-state index contributed by atoms with van der Waals surface area (Å²) >= 11 is 0. The summed E-state index contributed by atoms with van der Waals surface area (Å²) in [5.41, 5.74) is 2.37. The topological polar surface area (TPSA) is 139 Å². The Morgan fingerprint density at radius 1 is 0.903 bits per heavy atom. The second-order valence-electron chi connectivity index (χ2n) is 6.68. The number of carbonyl (C=O) groups is 2. The van der Waals surface area contributed by atoms with Gasteiger partial charge in [-0.05, 0) is 37.3 Å². The van der Waals surface area contributed by atoms with Gasteiger partial charge in [0.05, 0.1) is 23.0 Å². The Kier molecular flexibility index (Phi) is 6.86. The van der Waals surface area contributed by atoms with Crippen molar-refractivity contribution in [3.63, 3.8) is 0 Å². The largest absolute Gasteiger partial charge is 0.379 e. The maximum absolute atomic E-state index is 12.7. The predicted octanol–water partition coefficient (Wildman–Crippen LogP) is 0.533. The molecule has 1 aliphatic rings. The predicted molar refractivity (Wildman–Crippen MR) is 110 cm³/mol. The molecule has 1 fully saturated rings. The molecule has 0 atom stereocenters. The number of carbonyl (C=O) groups excluding carboxylic acids is 2. The van der Waals surface area contributed by atoms with Crippen molar-refractivity contribution < 1.29 is 31.2 Å². The number of ether oxygens (including phenoxy) is 1. The van der Waals surface area contributed by atoms with Gasteiger partial charge in [-0.3, -0.25) is 15.0 Å². The fourth-order valence-electron chi connectivity index (χ4n) is 2.85. The highest BCUT2D eigenvalue weighted by molar-refractivity contribution is 7.89. The molecule has 12 heteroatoms. The van der Waals surface area contributed by atoms with E-state index in [4.69, 9.17) is 4.74 Å². The van der Waals surface area contributed by atoms with Gasteiger partial charge in [0, 0.05) is 24.2 Å². The zero-order chi connectivity index (χ0) is 22.6. The zero-order valence-electron chi connectivity index (χ0n) is 16.6. The van der Waals surface area contributed by atoms with Crippen molar-refractivity contribution in [2.45, 2.75) is 16.7 Å². The summed E-state index contributed by atoms with van der Waals surface area (Å²) in [6.45, 7) is 2.35. The second-order valence-corrected chi connectivity index (χ2v) is 10.3. The summed E-state index contributed by atoms with van der Waals surface area (Å²) in [7, 11) is -7.90. The molecule has 1 amide bonds. The number of hydrogen-bond acceptors (Lipinski definition) is 7. The van der Waals surface area contributed by atoms with E-state index in [9.17, 15) is 26.4 Å². The normalized spacial score (nSPS) is 15.4. The number of hydrazine groups is 1. The van der Waals surface area contributed by atoms with E-state index in [2.05, 4.69) is 5.43 Å². The minimum absolute atomic E-state index is 0.0380. The van der Waals surface area contributed by atoms with Crippen LogP contribution in [0.15, 0.2) is 58.3 Å². The number of nitrogens with one attached hydrogen (secondary N) is 2. The van der Waals surface area contributed by atoms with Crippen LogP contribution in [0.25, 0.3) is 0 Å². The molecular weight excluding hydrogens is 446 g/mol. The molecule has 166 valence electrons. The van der Waals surface area contributed by atoms with Gasteiger partial charge in [-0.15, -0.1) is 4.83 Å². The van der Waals surface area contributed by atoms with Gasteiger partial charge >= 0.3 is 0 Å². The molecule has 31 heavy (non-hydrogen) atoms. The van der Waals surface area contributed by atoms with Crippen molar-refractivity contribution in [2.24, 2.45) is 0 Å². The second kappa shape index (κ2) is 9.24. The molecule has 0 unspecified atom stereocenters. The van der Waals surface area contributed by atoms with Gasteiger partial charge in [-0.1, -0.05) is 18.2 Å². The summed E-state index contributed by atoms with van der Waals surface area (Å²) in [4.78, 5) is 25.4. The summed E-state index contributed by atoms with van der Waals surface area (Å²) < 4.78 is 56.6. The molecule has 2 aromatic carbocycles. The summed E-state index contributed by atoms with van der Waals surface area (Å²) in [5.74, 6) is -1.04. The third-order valence-electron chi connectivity index (χ3n) is 4.57. The lowest BCUT2D eigenvalue weighted by molar-refractivity contribution is 0.0730. The number of sulfonamides is 2. The van der Waals surface area contributed by atoms with Crippen LogP contribution < -0.4 is 10.3 Å². The molecule has 1 aliphatic heterocycles. The molecule has 0 radical (unpaired) electrons. The Labute approximate surface area is 180 Å². The molecule has 0 spiro atoms. The quantitative estimate of drug-likeness (QED) is 0.447. The molecule has 0 aliphatic carbocycles. The molecule has 2 aromatic rings. The fourth-order valence-corrected chi connectivity index (χ4v) is 5.14. The van der Waals surface area contributed by atoms with Crippen LogP contribution in [0.1, 0.15) is 27.6 Å². The van der Waals surface area contributed by atoms with Gasteiger partial charge in [0.1, 0.15) is 0 Å². The van der Waals surface area contributed by atoms with Crippen LogP contribution in [0, 0.1) is 0 Å². The first-order valence-electron chi connectivity index (χ1n) is 9.22. The first kappa shape index (κ1) is 23.0. The van der Waals surface area contributed by atoms with Gasteiger partial charge in [0.15, 0.2) is 5.78 Å². The van der Waals surface area contributed by atoms with Crippen molar-refractivity contribution >= 4 is 31.7 Å². The highest BCUT2D eigenvalue weighted by Gasteiger charge is 2.27. The molecule has 0 bridgehead atoms. The van der Waals surface area contributed by atoms with E-state index in [0.717, 1.165) is 0 Å². The number of amides is 1. The molecule has 0 saturated carbocycles. The third-order valence-corrected chi connectivity index (χ3v) is 7.73. The number of morpholine rings is 1. The number of benzene rings is 2. The van der Waals surface area contributed by atoms with E-state index in [1.165, 1.54) is 59.8 Å². The van der Waals surface area contributed by atoms with E-state index < -0.39 is 26.0 Å². The van der Waals surface area contributed by atoms with Crippen LogP contribution in [0.2, 0.25) is 0 Å². The number of rotatable bonds is 7. The average molecular weight is 468 g/mol. The Morgan fingerprint density at radius 3 is 2.16 bits per heavy atom. The Hall–Kier alpha value is -2.64. The first-order valence-corrected chi connectivity index (χ1v) is 12.1. The molecule has 10 nitrogen and oxygen atoms in total. The van der Waals surface area contributed by atoms with Gasteiger partial charge < -0.3 is 4.74 Å². The van der Waals surface area contributed by atoms with Gasteiger partial charge in [0.2, 0.25) is 10.0 Å². The van der Waals surface area contributed by atoms with Crippen LogP contribution in [-0.4, -0.2) is 59.1 Å². The van der Waals surface area contributed by atoms with E-state index in [1.807, 2.05) is 4.83 Å². The van der Waals surface area contributed by atoms with Gasteiger partial charge in [0.25, 0.3) is 15.9 Å². The average Bonchev–Trinajstić information content (AvgIpc) is 2.78. The summed E-state index contributed by atoms with van der Waals surface area (Å²) in [6, 6.07) is 10.5. The third kappa shape index (κ3) is 5.35. The molecule has 0 aromatic heterocycles. The zero-order valence-corrected chi connectivity index (χ0v) is 18.2. The highest BCUT2D eigenvalue weighted by Crippen LogP contribution is 2.18. The number of nitrogens with zero attached hydrogens (tertiary/aromatic N) is 1. The van der Waals surface area contributed by atoms with Crippen molar-refractivity contribution in [1.29, 1.82) is 0 Å².